The first-order valence-corrected chi connectivity index (χ1v) is 16.8. The van der Waals surface area contributed by atoms with Crippen LogP contribution in [0.1, 0.15) is 11.1 Å². The summed E-state index contributed by atoms with van der Waals surface area (Å²) < 4.78 is 0. The first-order valence-electron chi connectivity index (χ1n) is 16.8. The normalized spacial score (nSPS) is 11.6. The van der Waals surface area contributed by atoms with Crippen molar-refractivity contribution < 1.29 is 0 Å². The van der Waals surface area contributed by atoms with Gasteiger partial charge in [-0.2, -0.15) is 10.5 Å². The van der Waals surface area contributed by atoms with E-state index >= 15 is 0 Å². The molecular weight excluding hydrogens is 605 g/mol. The van der Waals surface area contributed by atoms with E-state index < -0.39 is 0 Å². The maximum atomic E-state index is 10.3. The molecule has 0 unspecified atom stereocenters. The number of nitrogens with zero attached hydrogens (tertiary/aromatic N) is 2. The lowest BCUT2D eigenvalue weighted by atomic mass is 9.85. The van der Waals surface area contributed by atoms with Crippen LogP contribution in [0.3, 0.4) is 0 Å². The summed E-state index contributed by atoms with van der Waals surface area (Å²) >= 11 is 0. The highest BCUT2D eigenvalue weighted by Gasteiger charge is 2.26. The first kappa shape index (κ1) is 28.1. The molecule has 0 heterocycles. The molecule has 9 aromatic rings. The van der Waals surface area contributed by atoms with Crippen molar-refractivity contribution >= 4 is 43.1 Å². The van der Waals surface area contributed by atoms with Gasteiger partial charge in [0.1, 0.15) is 0 Å². The second-order valence-corrected chi connectivity index (χ2v) is 13.0. The molecule has 0 atom stereocenters. The van der Waals surface area contributed by atoms with Gasteiger partial charge in [-0.1, -0.05) is 121 Å². The smallest absolute Gasteiger partial charge is 0.0998 e. The van der Waals surface area contributed by atoms with Gasteiger partial charge in [0.2, 0.25) is 0 Å². The number of hydrogen-bond acceptors (Lipinski definition) is 2. The molecule has 0 saturated heterocycles. The number of benzene rings is 9. The van der Waals surface area contributed by atoms with E-state index in [0.717, 1.165) is 54.6 Å². The van der Waals surface area contributed by atoms with Gasteiger partial charge < -0.3 is 0 Å². The summed E-state index contributed by atoms with van der Waals surface area (Å²) in [5.74, 6) is 0. The fourth-order valence-electron chi connectivity index (χ4n) is 8.29. The van der Waals surface area contributed by atoms with Crippen molar-refractivity contribution in [1.82, 2.24) is 0 Å². The molecule has 0 bridgehead atoms. The van der Waals surface area contributed by atoms with E-state index in [4.69, 9.17) is 0 Å². The molecule has 2 nitrogen and oxygen atoms in total. The van der Waals surface area contributed by atoms with Gasteiger partial charge in [-0.3, -0.25) is 0 Å². The Morgan fingerprint density at radius 3 is 1.44 bits per heavy atom. The largest absolute Gasteiger partial charge is 0.192 e. The summed E-state index contributed by atoms with van der Waals surface area (Å²) in [5.41, 5.74) is 12.5. The van der Waals surface area contributed by atoms with Gasteiger partial charge in [0.05, 0.1) is 23.3 Å². The maximum absolute atomic E-state index is 10.3. The molecule has 10 rings (SSSR count). The van der Waals surface area contributed by atoms with Gasteiger partial charge in [0.15, 0.2) is 0 Å². The van der Waals surface area contributed by atoms with Crippen molar-refractivity contribution in [3.8, 4) is 67.8 Å². The molecule has 228 valence electrons. The van der Waals surface area contributed by atoms with Crippen LogP contribution in [-0.4, -0.2) is 0 Å². The lowest BCUT2D eigenvalue weighted by Crippen LogP contribution is -1.92. The van der Waals surface area contributed by atoms with Gasteiger partial charge >= 0.3 is 0 Å². The second-order valence-electron chi connectivity index (χ2n) is 13.0. The molecular formula is C48H26N2. The predicted octanol–water partition coefficient (Wildman–Crippen LogP) is 12.7. The highest BCUT2D eigenvalue weighted by molar-refractivity contribution is 6.27. The minimum atomic E-state index is 0.649. The highest BCUT2D eigenvalue weighted by atomic mass is 14.3. The quantitative estimate of drug-likeness (QED) is 0.182. The Morgan fingerprint density at radius 1 is 0.280 bits per heavy atom. The Kier molecular flexibility index (Phi) is 6.04. The molecule has 1 aliphatic rings. The molecule has 0 aliphatic heterocycles. The Balaban J connectivity index is 1.37. The Morgan fingerprint density at radius 2 is 0.740 bits per heavy atom. The molecule has 0 amide bonds. The van der Waals surface area contributed by atoms with Gasteiger partial charge in [-0.25, -0.2) is 0 Å². The number of nitriles is 2. The van der Waals surface area contributed by atoms with Crippen LogP contribution in [0.5, 0.6) is 0 Å². The van der Waals surface area contributed by atoms with Crippen LogP contribution >= 0.6 is 0 Å². The van der Waals surface area contributed by atoms with E-state index in [1.54, 1.807) is 0 Å². The van der Waals surface area contributed by atoms with Crippen LogP contribution in [0, 0.1) is 22.7 Å². The molecule has 9 aromatic carbocycles. The lowest BCUT2D eigenvalue weighted by Gasteiger charge is -2.18. The molecule has 0 fully saturated rings. The fraction of sp³-hybridized carbons (Fsp3) is 0. The summed E-state index contributed by atoms with van der Waals surface area (Å²) in [6.07, 6.45) is 0. The Bertz CT molecular complexity index is 2990. The summed E-state index contributed by atoms with van der Waals surface area (Å²) in [5, 5.41) is 29.6. The van der Waals surface area contributed by atoms with E-state index in [9.17, 15) is 10.5 Å². The molecule has 0 radical (unpaired) electrons. The van der Waals surface area contributed by atoms with E-state index in [2.05, 4.69) is 127 Å². The molecule has 0 saturated carbocycles. The Labute approximate surface area is 289 Å². The zero-order chi connectivity index (χ0) is 33.3. The van der Waals surface area contributed by atoms with E-state index in [-0.39, 0.29) is 0 Å². The van der Waals surface area contributed by atoms with Crippen LogP contribution in [0.2, 0.25) is 0 Å². The van der Waals surface area contributed by atoms with Crippen LogP contribution in [0.15, 0.2) is 158 Å². The van der Waals surface area contributed by atoms with Gasteiger partial charge in [0.25, 0.3) is 0 Å². The van der Waals surface area contributed by atoms with Gasteiger partial charge in [-0.15, -0.1) is 0 Å². The number of hydrogen-bond donors (Lipinski definition) is 0. The van der Waals surface area contributed by atoms with Gasteiger partial charge in [0, 0.05) is 11.1 Å². The third kappa shape index (κ3) is 3.94. The standard InChI is InChI=1S/C48H26N2/c49-27-30-13-4-6-15-32(30)40-23-46-42(36-18-9-8-17-35(36)40)24-41(33-16-7-5-14-31(33)28-50)45-26-44-39-22-21-34(29-11-2-1-3-12-29)37-19-10-20-38(48(37)39)43(44)25-47(45)46/h1-26H. The predicted molar refractivity (Wildman–Crippen MR) is 207 cm³/mol. The average molecular weight is 631 g/mol. The first-order chi connectivity index (χ1) is 24.7. The molecule has 2 heteroatoms. The van der Waals surface area contributed by atoms with Crippen molar-refractivity contribution in [2.45, 2.75) is 0 Å². The minimum absolute atomic E-state index is 0.649. The van der Waals surface area contributed by atoms with E-state index in [0.29, 0.717) is 11.1 Å². The van der Waals surface area contributed by atoms with Crippen molar-refractivity contribution in [1.29, 1.82) is 10.5 Å². The maximum Gasteiger partial charge on any atom is 0.0998 e. The van der Waals surface area contributed by atoms with Crippen molar-refractivity contribution in [3.63, 3.8) is 0 Å². The van der Waals surface area contributed by atoms with Crippen LogP contribution < -0.4 is 0 Å². The van der Waals surface area contributed by atoms with Crippen molar-refractivity contribution in [2.75, 3.05) is 0 Å². The minimum Gasteiger partial charge on any atom is -0.192 e. The summed E-state index contributed by atoms with van der Waals surface area (Å²) in [4.78, 5) is 0. The highest BCUT2D eigenvalue weighted by Crippen LogP contribution is 2.53. The zero-order valence-electron chi connectivity index (χ0n) is 26.9. The molecule has 50 heavy (non-hydrogen) atoms. The van der Waals surface area contributed by atoms with Crippen molar-refractivity contribution in [3.05, 3.63) is 169 Å². The molecule has 0 spiro atoms. The Hall–Kier alpha value is -7.00. The van der Waals surface area contributed by atoms with E-state index in [1.165, 1.54) is 44.2 Å². The molecule has 1 aliphatic carbocycles. The molecule has 0 aromatic heterocycles. The summed E-state index contributed by atoms with van der Waals surface area (Å²) in [6.45, 7) is 0. The average Bonchev–Trinajstić information content (AvgIpc) is 3.50. The third-order valence-corrected chi connectivity index (χ3v) is 10.5. The SMILES string of the molecule is N#Cc1ccccc1-c1cc2c3cc4c(cc3c(-c3ccccc3C#N)cc2c2ccccc12)-c1ccc(-c2ccccc2)c2cccc-4c12. The van der Waals surface area contributed by atoms with Crippen LogP contribution in [0.4, 0.5) is 0 Å². The lowest BCUT2D eigenvalue weighted by molar-refractivity contribution is 1.48. The third-order valence-electron chi connectivity index (χ3n) is 10.5. The molecule has 0 N–H and O–H groups in total. The zero-order valence-corrected chi connectivity index (χ0v) is 26.9. The monoisotopic (exact) mass is 630 g/mol. The number of rotatable bonds is 3. The topological polar surface area (TPSA) is 47.6 Å². The van der Waals surface area contributed by atoms with E-state index in [1.807, 2.05) is 42.5 Å². The van der Waals surface area contributed by atoms with Crippen molar-refractivity contribution in [2.24, 2.45) is 0 Å². The van der Waals surface area contributed by atoms with Crippen LogP contribution in [0.25, 0.3) is 98.7 Å². The summed E-state index contributed by atoms with van der Waals surface area (Å²) in [7, 11) is 0. The van der Waals surface area contributed by atoms with Gasteiger partial charge in [-0.05, 0) is 124 Å². The van der Waals surface area contributed by atoms with Crippen LogP contribution in [-0.2, 0) is 0 Å². The fourth-order valence-corrected chi connectivity index (χ4v) is 8.29. The summed E-state index contributed by atoms with van der Waals surface area (Å²) in [6, 6.07) is 60.2. The number of fused-ring (bicyclic) bond motifs is 8. The second kappa shape index (κ2) is 10.8.